The van der Waals surface area contributed by atoms with Crippen LogP contribution < -0.4 is 0 Å². The molecule has 0 aliphatic heterocycles. The van der Waals surface area contributed by atoms with Gasteiger partial charge in [0.25, 0.3) is 0 Å². The first-order valence-corrected chi connectivity index (χ1v) is 2.69. The van der Waals surface area contributed by atoms with E-state index in [2.05, 4.69) is 4.52 Å². The Morgan fingerprint density at radius 2 is 2.29 bits per heavy atom. The van der Waals surface area contributed by atoms with Crippen LogP contribution in [0.3, 0.4) is 0 Å². The van der Waals surface area contributed by atoms with Crippen molar-refractivity contribution in [2.45, 2.75) is 6.92 Å². The first-order chi connectivity index (χ1) is 2.77. The Bertz CT molecular complexity index is 56.9. The summed E-state index contributed by atoms with van der Waals surface area (Å²) in [6, 6.07) is 0. The summed E-state index contributed by atoms with van der Waals surface area (Å²) in [5, 5.41) is 0. The Morgan fingerprint density at radius 3 is 2.29 bits per heavy atom. The fraction of sp³-hybridized carbons (Fsp3) is 1.00. The van der Waals surface area contributed by atoms with Crippen molar-refractivity contribution in [1.29, 1.82) is 0 Å². The summed E-state index contributed by atoms with van der Waals surface area (Å²) in [7, 11) is -2.35. The molecular formula is C2H6O3PZr+. The van der Waals surface area contributed by atoms with Gasteiger partial charge in [0.15, 0.2) is 0 Å². The molecule has 1 unspecified atom stereocenters. The first-order valence-electron chi connectivity index (χ1n) is 1.56. The van der Waals surface area contributed by atoms with Gasteiger partial charge in [-0.15, -0.1) is 9.42 Å². The van der Waals surface area contributed by atoms with E-state index >= 15 is 0 Å². The van der Waals surface area contributed by atoms with Crippen LogP contribution in [0.15, 0.2) is 0 Å². The van der Waals surface area contributed by atoms with E-state index in [1.807, 2.05) is 0 Å². The van der Waals surface area contributed by atoms with Crippen LogP contribution in [0.1, 0.15) is 6.92 Å². The second-order valence-electron chi connectivity index (χ2n) is 0.656. The van der Waals surface area contributed by atoms with E-state index in [4.69, 9.17) is 4.89 Å². The monoisotopic (exact) mass is 199 g/mol. The summed E-state index contributed by atoms with van der Waals surface area (Å²) in [5.74, 6) is 0. The number of hydrogen-bond donors (Lipinski definition) is 1. The second-order valence-corrected chi connectivity index (χ2v) is 1.39. The third kappa shape index (κ3) is 10.9. The molecule has 0 aromatic heterocycles. The minimum absolute atomic E-state index is 0. The van der Waals surface area contributed by atoms with E-state index in [0.29, 0.717) is 6.61 Å². The van der Waals surface area contributed by atoms with Gasteiger partial charge in [-0.2, -0.15) is 0 Å². The predicted octanol–water partition coefficient (Wildman–Crippen LogP) is 0.670. The van der Waals surface area contributed by atoms with Crippen LogP contribution in [0.25, 0.3) is 0 Å². The van der Waals surface area contributed by atoms with Crippen LogP contribution in [0.4, 0.5) is 0 Å². The summed E-state index contributed by atoms with van der Waals surface area (Å²) >= 11 is 0. The Labute approximate surface area is 62.1 Å². The maximum absolute atomic E-state index is 9.53. The standard InChI is InChI=1S/C2H5O3P.Zr/c1-2-5-6(3)4;/h2H2,1H3;/p+1. The molecule has 0 saturated heterocycles. The summed E-state index contributed by atoms with van der Waals surface area (Å²) in [4.78, 5) is 7.84. The molecule has 1 atom stereocenters. The smallest absolute Gasteiger partial charge is 0.133 e. The van der Waals surface area contributed by atoms with Crippen molar-refractivity contribution in [2.75, 3.05) is 6.61 Å². The van der Waals surface area contributed by atoms with E-state index in [1.165, 1.54) is 0 Å². The van der Waals surface area contributed by atoms with Gasteiger partial charge in [0, 0.05) is 30.8 Å². The molecule has 40 valence electrons. The van der Waals surface area contributed by atoms with E-state index in [-0.39, 0.29) is 26.2 Å². The Balaban J connectivity index is 0. The Kier molecular flexibility index (Phi) is 10.7. The minimum atomic E-state index is -2.35. The van der Waals surface area contributed by atoms with E-state index in [1.54, 1.807) is 6.92 Å². The van der Waals surface area contributed by atoms with Crippen LogP contribution in [-0.4, -0.2) is 11.5 Å². The van der Waals surface area contributed by atoms with Crippen LogP contribution in [0, 0.1) is 0 Å². The molecule has 5 heteroatoms. The summed E-state index contributed by atoms with van der Waals surface area (Å²) in [5.41, 5.74) is 0. The predicted molar refractivity (Wildman–Crippen MR) is 21.5 cm³/mol. The molecule has 0 radical (unpaired) electrons. The van der Waals surface area contributed by atoms with Gasteiger partial charge in [-0.3, -0.25) is 0 Å². The van der Waals surface area contributed by atoms with Gasteiger partial charge < -0.3 is 0 Å². The SMILES string of the molecule is CCO[P+](=O)O.[Zr]. The third-order valence-electron chi connectivity index (χ3n) is 0.240. The number of rotatable bonds is 2. The molecule has 7 heavy (non-hydrogen) atoms. The van der Waals surface area contributed by atoms with Crippen molar-refractivity contribution >= 4 is 8.25 Å². The van der Waals surface area contributed by atoms with Crippen LogP contribution >= 0.6 is 8.25 Å². The second kappa shape index (κ2) is 6.90. The Hall–Kier alpha value is 0.903. The Morgan fingerprint density at radius 1 is 1.86 bits per heavy atom. The summed E-state index contributed by atoms with van der Waals surface area (Å²) in [6.45, 7) is 1.95. The average molecular weight is 200 g/mol. The van der Waals surface area contributed by atoms with Crippen molar-refractivity contribution in [3.05, 3.63) is 0 Å². The van der Waals surface area contributed by atoms with Crippen LogP contribution in [0.2, 0.25) is 0 Å². The van der Waals surface area contributed by atoms with E-state index in [0.717, 1.165) is 0 Å². The molecule has 0 fully saturated rings. The minimum Gasteiger partial charge on any atom is -0.133 e. The molecular weight excluding hydrogens is 194 g/mol. The van der Waals surface area contributed by atoms with Gasteiger partial charge in [0.1, 0.15) is 6.61 Å². The van der Waals surface area contributed by atoms with Crippen molar-refractivity contribution in [3.63, 3.8) is 0 Å². The normalized spacial score (nSPS) is 9.71. The van der Waals surface area contributed by atoms with Crippen molar-refractivity contribution in [2.24, 2.45) is 0 Å². The van der Waals surface area contributed by atoms with Crippen molar-refractivity contribution in [1.82, 2.24) is 0 Å². The molecule has 0 aromatic rings. The molecule has 3 nitrogen and oxygen atoms in total. The third-order valence-corrected chi connectivity index (χ3v) is 0.719. The van der Waals surface area contributed by atoms with E-state index in [9.17, 15) is 4.57 Å². The average Bonchev–Trinajstić information content (AvgIpc) is 1.35. The molecule has 0 amide bonds. The van der Waals surface area contributed by atoms with E-state index < -0.39 is 8.25 Å². The molecule has 0 spiro atoms. The first kappa shape index (κ1) is 10.8. The van der Waals surface area contributed by atoms with Crippen LogP contribution in [-0.2, 0) is 35.3 Å². The molecule has 0 aromatic carbocycles. The van der Waals surface area contributed by atoms with Gasteiger partial charge in [0.05, 0.1) is 0 Å². The van der Waals surface area contributed by atoms with Crippen molar-refractivity contribution < 1.29 is 40.2 Å². The quantitative estimate of drug-likeness (QED) is 0.666. The largest absolute Gasteiger partial charge is 0.694 e. The van der Waals surface area contributed by atoms with Crippen molar-refractivity contribution in [3.8, 4) is 0 Å². The van der Waals surface area contributed by atoms with Crippen LogP contribution in [0.5, 0.6) is 0 Å². The summed E-state index contributed by atoms with van der Waals surface area (Å²) in [6.07, 6.45) is 0. The number of hydrogen-bond acceptors (Lipinski definition) is 2. The van der Waals surface area contributed by atoms with Gasteiger partial charge >= 0.3 is 8.25 Å². The topological polar surface area (TPSA) is 46.5 Å². The van der Waals surface area contributed by atoms with Gasteiger partial charge in [-0.05, 0) is 6.92 Å². The molecule has 0 saturated carbocycles. The molecule has 0 aliphatic carbocycles. The molecule has 0 rings (SSSR count). The zero-order valence-corrected chi connectivity index (χ0v) is 7.27. The zero-order chi connectivity index (χ0) is 4.99. The summed E-state index contributed by atoms with van der Waals surface area (Å²) < 4.78 is 13.6. The van der Waals surface area contributed by atoms with Gasteiger partial charge in [0.2, 0.25) is 0 Å². The fourth-order valence-electron chi connectivity index (χ4n) is 0.110. The zero-order valence-electron chi connectivity index (χ0n) is 3.92. The molecule has 1 N–H and O–H groups in total. The maximum Gasteiger partial charge on any atom is 0.694 e. The van der Waals surface area contributed by atoms with Gasteiger partial charge in [-0.25, -0.2) is 0 Å². The van der Waals surface area contributed by atoms with Gasteiger partial charge in [-0.1, -0.05) is 0 Å². The molecule has 0 bridgehead atoms. The molecule has 0 heterocycles. The fourth-order valence-corrected chi connectivity index (χ4v) is 0.331. The molecule has 0 aliphatic rings. The maximum atomic E-state index is 9.53.